The van der Waals surface area contributed by atoms with Gasteiger partial charge in [-0.2, -0.15) is 0 Å². The van der Waals surface area contributed by atoms with Crippen LogP contribution in [0.5, 0.6) is 5.75 Å². The lowest BCUT2D eigenvalue weighted by molar-refractivity contribution is -0.274. The van der Waals surface area contributed by atoms with Crippen LogP contribution in [0, 0.1) is 0 Å². The average Bonchev–Trinajstić information content (AvgIpc) is 3.20. The van der Waals surface area contributed by atoms with Crippen LogP contribution < -0.4 is 9.46 Å². The van der Waals surface area contributed by atoms with Crippen LogP contribution in [-0.2, 0) is 14.7 Å². The molecule has 3 atom stereocenters. The van der Waals surface area contributed by atoms with Crippen molar-refractivity contribution in [2.24, 2.45) is 4.36 Å². The van der Waals surface area contributed by atoms with Crippen LogP contribution in [0.4, 0.5) is 13.2 Å². The third kappa shape index (κ3) is 5.69. The van der Waals surface area contributed by atoms with E-state index in [1.807, 2.05) is 35.8 Å². The molecule has 0 amide bonds. The number of nitrogens with zero attached hydrogens (tertiary/aromatic N) is 2. The lowest BCUT2D eigenvalue weighted by Gasteiger charge is -2.32. The molecule has 1 aliphatic heterocycles. The van der Waals surface area contributed by atoms with Crippen LogP contribution in [0.25, 0.3) is 21.8 Å². The van der Waals surface area contributed by atoms with Gasteiger partial charge in [0.15, 0.2) is 9.92 Å². The summed E-state index contributed by atoms with van der Waals surface area (Å²) in [5.74, 6) is -0.458. The summed E-state index contributed by atoms with van der Waals surface area (Å²) in [4.78, 5) is 0.117. The minimum absolute atomic E-state index is 0.104. The van der Waals surface area contributed by atoms with Gasteiger partial charge in [0.1, 0.15) is 24.7 Å². The zero-order valence-corrected chi connectivity index (χ0v) is 23.3. The number of aromatic nitrogens is 1. The minimum atomic E-state index is -4.86. The van der Waals surface area contributed by atoms with E-state index in [9.17, 15) is 22.5 Å². The molecule has 1 aliphatic rings. The Balaban J connectivity index is 1.52. The molecule has 13 heteroatoms. The van der Waals surface area contributed by atoms with Crippen LogP contribution in [0.3, 0.4) is 0 Å². The third-order valence-corrected chi connectivity index (χ3v) is 8.79. The number of halogens is 5. The molecular formula is C27H24Cl2F3N3O4S. The topological polar surface area (TPSA) is 85.1 Å². The third-order valence-electron chi connectivity index (χ3n) is 6.35. The molecule has 5 rings (SSSR count). The predicted molar refractivity (Wildman–Crippen MR) is 149 cm³/mol. The number of hydrogen-bond acceptors (Lipinski definition) is 5. The summed E-state index contributed by atoms with van der Waals surface area (Å²) in [6.45, 7) is 2.15. The SMILES string of the molecule is CCCN=S(=O)(NC1=COC[C@H](n2c3ccc(Cl)cc3c3cc(Cl)ccc32)[C@H]1O)c1ccc(OC(F)(F)F)cc1. The van der Waals surface area contributed by atoms with E-state index in [0.29, 0.717) is 16.5 Å². The van der Waals surface area contributed by atoms with Crippen molar-refractivity contribution in [1.82, 2.24) is 9.29 Å². The van der Waals surface area contributed by atoms with Crippen molar-refractivity contribution in [1.29, 1.82) is 0 Å². The minimum Gasteiger partial charge on any atom is -0.497 e. The Bertz CT molecular complexity index is 1660. The van der Waals surface area contributed by atoms with E-state index in [2.05, 4.69) is 13.8 Å². The van der Waals surface area contributed by atoms with Gasteiger partial charge in [-0.3, -0.25) is 4.72 Å². The standard InChI is InChI=1S/C27H24Cl2F3N3O4S/c1-2-11-33-40(37,19-7-5-18(6-8-19)39-27(30,31)32)34-22-14-38-15-25(26(22)36)35-23-9-3-16(28)12-20(23)21-13-17(29)4-10-24(21)35/h3-10,12-14,25-26,36H,2,11,15H2,1H3,(H,33,34,37)/t25-,26-,40?/m0/s1. The summed E-state index contributed by atoms with van der Waals surface area (Å²) in [5, 5.41) is 14.3. The fourth-order valence-corrected chi connectivity index (χ4v) is 6.74. The summed E-state index contributed by atoms with van der Waals surface area (Å²) < 4.78 is 70.6. The van der Waals surface area contributed by atoms with Crippen LogP contribution in [0.15, 0.2) is 81.9 Å². The van der Waals surface area contributed by atoms with Crippen molar-refractivity contribution in [3.05, 3.63) is 82.7 Å². The van der Waals surface area contributed by atoms with Crippen molar-refractivity contribution in [2.75, 3.05) is 13.2 Å². The molecule has 40 heavy (non-hydrogen) atoms. The number of aliphatic hydroxyl groups excluding tert-OH is 1. The molecule has 0 radical (unpaired) electrons. The normalized spacial score (nSPS) is 19.1. The number of nitrogens with one attached hydrogen (secondary N) is 1. The molecule has 7 nitrogen and oxygen atoms in total. The van der Waals surface area contributed by atoms with Crippen LogP contribution in [0.2, 0.25) is 10.0 Å². The smallest absolute Gasteiger partial charge is 0.497 e. The van der Waals surface area contributed by atoms with Crippen LogP contribution >= 0.6 is 23.2 Å². The molecule has 1 unspecified atom stereocenters. The van der Waals surface area contributed by atoms with Gasteiger partial charge in [-0.05, 0) is 67.1 Å². The van der Waals surface area contributed by atoms with E-state index in [4.69, 9.17) is 27.9 Å². The Kier molecular flexibility index (Phi) is 7.84. The maximum Gasteiger partial charge on any atom is 0.573 e. The summed E-state index contributed by atoms with van der Waals surface area (Å²) >= 11 is 12.6. The highest BCUT2D eigenvalue weighted by Gasteiger charge is 2.34. The molecule has 4 aromatic rings. The van der Waals surface area contributed by atoms with Crippen molar-refractivity contribution >= 4 is 54.9 Å². The summed E-state index contributed by atoms with van der Waals surface area (Å²) in [6, 6.07) is 14.8. The summed E-state index contributed by atoms with van der Waals surface area (Å²) in [7, 11) is -3.43. The van der Waals surface area contributed by atoms with Crippen molar-refractivity contribution in [2.45, 2.75) is 36.7 Å². The first kappa shape index (κ1) is 28.4. The first-order chi connectivity index (χ1) is 19.0. The zero-order chi connectivity index (χ0) is 28.7. The number of fused-ring (bicyclic) bond motifs is 3. The van der Waals surface area contributed by atoms with Crippen LogP contribution in [-0.4, -0.2) is 39.5 Å². The molecule has 3 aromatic carbocycles. The highest BCUT2D eigenvalue weighted by Crippen LogP contribution is 2.38. The number of alkyl halides is 3. The van der Waals surface area contributed by atoms with Gasteiger partial charge in [0, 0.05) is 31.9 Å². The highest BCUT2D eigenvalue weighted by molar-refractivity contribution is 7.91. The lowest BCUT2D eigenvalue weighted by Crippen LogP contribution is -2.39. The van der Waals surface area contributed by atoms with Crippen molar-refractivity contribution in [3.63, 3.8) is 0 Å². The maximum atomic E-state index is 14.1. The zero-order valence-electron chi connectivity index (χ0n) is 21.0. The molecule has 0 saturated carbocycles. The molecule has 2 heterocycles. The Hall–Kier alpha value is -3.12. The van der Waals surface area contributed by atoms with E-state index in [0.717, 1.165) is 33.9 Å². The molecule has 0 fully saturated rings. The van der Waals surface area contributed by atoms with E-state index in [1.165, 1.54) is 18.4 Å². The molecule has 0 aliphatic carbocycles. The number of ether oxygens (including phenoxy) is 2. The molecular weight excluding hydrogens is 590 g/mol. The summed E-state index contributed by atoms with van der Waals surface area (Å²) in [5.41, 5.74) is 1.68. The Labute approximate surface area is 238 Å². The average molecular weight is 614 g/mol. The Morgan fingerprint density at radius 2 is 1.68 bits per heavy atom. The number of aliphatic hydroxyl groups is 1. The molecule has 1 aromatic heterocycles. The van der Waals surface area contributed by atoms with Gasteiger partial charge in [0.25, 0.3) is 0 Å². The molecule has 0 bridgehead atoms. The first-order valence-corrected chi connectivity index (χ1v) is 14.5. The maximum absolute atomic E-state index is 14.1. The van der Waals surface area contributed by atoms with Crippen molar-refractivity contribution in [3.8, 4) is 5.75 Å². The molecule has 0 spiro atoms. The van der Waals surface area contributed by atoms with Crippen LogP contribution in [0.1, 0.15) is 19.4 Å². The van der Waals surface area contributed by atoms with Gasteiger partial charge < -0.3 is 19.1 Å². The second-order valence-corrected chi connectivity index (χ2v) is 12.0. The predicted octanol–water partition coefficient (Wildman–Crippen LogP) is 7.22. The van der Waals surface area contributed by atoms with Gasteiger partial charge in [-0.1, -0.05) is 30.1 Å². The largest absolute Gasteiger partial charge is 0.573 e. The van der Waals surface area contributed by atoms with Gasteiger partial charge in [-0.15, -0.1) is 13.2 Å². The second-order valence-electron chi connectivity index (χ2n) is 9.11. The van der Waals surface area contributed by atoms with E-state index in [-0.39, 0.29) is 23.7 Å². The molecule has 212 valence electrons. The fourth-order valence-electron chi connectivity index (χ4n) is 4.63. The number of benzene rings is 3. The molecule has 2 N–H and O–H groups in total. The van der Waals surface area contributed by atoms with Crippen molar-refractivity contribution < 1.29 is 32.0 Å². The number of hydrogen-bond donors (Lipinski definition) is 2. The van der Waals surface area contributed by atoms with E-state index in [1.54, 1.807) is 12.1 Å². The summed E-state index contributed by atoms with van der Waals surface area (Å²) in [6.07, 6.45) is -4.21. The quantitative estimate of drug-likeness (QED) is 0.230. The first-order valence-electron chi connectivity index (χ1n) is 12.2. The lowest BCUT2D eigenvalue weighted by atomic mass is 10.1. The highest BCUT2D eigenvalue weighted by atomic mass is 35.5. The Morgan fingerprint density at radius 1 is 1.07 bits per heavy atom. The van der Waals surface area contributed by atoms with E-state index >= 15 is 0 Å². The fraction of sp³-hybridized carbons (Fsp3) is 0.259. The van der Waals surface area contributed by atoms with Gasteiger partial charge >= 0.3 is 6.36 Å². The van der Waals surface area contributed by atoms with Gasteiger partial charge in [0.2, 0.25) is 0 Å². The monoisotopic (exact) mass is 613 g/mol. The Morgan fingerprint density at radius 3 is 2.23 bits per heavy atom. The second kappa shape index (κ2) is 11.0. The molecule has 0 saturated heterocycles. The van der Waals surface area contributed by atoms with Gasteiger partial charge in [-0.25, -0.2) is 8.57 Å². The van der Waals surface area contributed by atoms with Gasteiger partial charge in [0.05, 0.1) is 23.2 Å². The number of rotatable bonds is 7. The van der Waals surface area contributed by atoms with E-state index < -0.39 is 34.2 Å².